The van der Waals surface area contributed by atoms with E-state index in [1.165, 1.54) is 7.11 Å². The molecule has 1 aliphatic heterocycles. The number of esters is 1. The Balaban J connectivity index is 2.22. The minimum atomic E-state index is -0.209. The molecule has 1 N–H and O–H groups in total. The highest BCUT2D eigenvalue weighted by molar-refractivity contribution is 14.1. The average Bonchev–Trinajstić information content (AvgIpc) is 2.77. The number of nitrogens with one attached hydrogen (secondary N) is 1. The van der Waals surface area contributed by atoms with Crippen LogP contribution in [-0.4, -0.2) is 35.9 Å². The maximum absolute atomic E-state index is 11.2. The first-order valence-electron chi connectivity index (χ1n) is 3.72. The molecule has 5 heteroatoms. The third-order valence-electron chi connectivity index (χ3n) is 1.74. The van der Waals surface area contributed by atoms with Crippen LogP contribution in [-0.2, 0) is 14.3 Å². The standard InChI is InChI=1S/C7H12INO3/c1-4-6(9-4)5(8)7(10)12-3-11-2/h4-6,9H,3H2,1-2H3. The number of hydrogen-bond donors (Lipinski definition) is 1. The number of carbonyl (C=O) groups excluding carboxylic acids is 1. The minimum absolute atomic E-state index is 0.0411. The third-order valence-corrected chi connectivity index (χ3v) is 3.03. The van der Waals surface area contributed by atoms with Crippen molar-refractivity contribution in [3.05, 3.63) is 0 Å². The molecule has 0 aromatic rings. The van der Waals surface area contributed by atoms with E-state index in [9.17, 15) is 4.79 Å². The Bertz CT molecular complexity index is 176. The van der Waals surface area contributed by atoms with Crippen LogP contribution in [0.3, 0.4) is 0 Å². The summed E-state index contributed by atoms with van der Waals surface area (Å²) in [6.07, 6.45) is 0. The molecule has 1 fully saturated rings. The van der Waals surface area contributed by atoms with Crippen molar-refractivity contribution in [2.24, 2.45) is 0 Å². The van der Waals surface area contributed by atoms with Crippen molar-refractivity contribution in [3.63, 3.8) is 0 Å². The van der Waals surface area contributed by atoms with Crippen molar-refractivity contribution < 1.29 is 14.3 Å². The fourth-order valence-electron chi connectivity index (χ4n) is 0.929. The van der Waals surface area contributed by atoms with Crippen LogP contribution in [0.1, 0.15) is 6.92 Å². The van der Waals surface area contributed by atoms with E-state index < -0.39 is 0 Å². The molecule has 1 aliphatic rings. The summed E-state index contributed by atoms with van der Waals surface area (Å²) in [4.78, 5) is 11.2. The normalized spacial score (nSPS) is 29.6. The quantitative estimate of drug-likeness (QED) is 0.265. The van der Waals surface area contributed by atoms with Crippen molar-refractivity contribution in [3.8, 4) is 0 Å². The maximum Gasteiger partial charge on any atom is 0.322 e. The molecule has 70 valence electrons. The van der Waals surface area contributed by atoms with Gasteiger partial charge in [-0.2, -0.15) is 0 Å². The second-order valence-corrected chi connectivity index (χ2v) is 4.09. The maximum atomic E-state index is 11.2. The smallest absolute Gasteiger partial charge is 0.322 e. The van der Waals surface area contributed by atoms with Crippen LogP contribution in [0, 0.1) is 0 Å². The molecule has 1 rings (SSSR count). The van der Waals surface area contributed by atoms with E-state index in [0.717, 1.165) is 0 Å². The highest BCUT2D eigenvalue weighted by Crippen LogP contribution is 2.21. The van der Waals surface area contributed by atoms with E-state index in [1.807, 2.05) is 6.92 Å². The van der Waals surface area contributed by atoms with E-state index in [0.29, 0.717) is 6.04 Å². The van der Waals surface area contributed by atoms with Gasteiger partial charge in [-0.1, -0.05) is 22.6 Å². The highest BCUT2D eigenvalue weighted by Gasteiger charge is 2.41. The number of methoxy groups -OCH3 is 1. The van der Waals surface area contributed by atoms with E-state index in [2.05, 4.69) is 32.6 Å². The Kier molecular flexibility index (Phi) is 3.73. The van der Waals surface area contributed by atoms with Gasteiger partial charge in [0, 0.05) is 19.2 Å². The molecular formula is C7H12INO3. The zero-order valence-electron chi connectivity index (χ0n) is 7.04. The summed E-state index contributed by atoms with van der Waals surface area (Å²) in [6.45, 7) is 2.08. The summed E-state index contributed by atoms with van der Waals surface area (Å²) in [5.41, 5.74) is 0. The van der Waals surface area contributed by atoms with Gasteiger partial charge in [-0.3, -0.25) is 4.79 Å². The molecule has 0 aliphatic carbocycles. The summed E-state index contributed by atoms with van der Waals surface area (Å²) in [5.74, 6) is -0.209. The van der Waals surface area contributed by atoms with Crippen molar-refractivity contribution in [2.45, 2.75) is 22.9 Å². The fourth-order valence-corrected chi connectivity index (χ4v) is 1.94. The number of halogens is 1. The van der Waals surface area contributed by atoms with Crippen LogP contribution < -0.4 is 5.32 Å². The van der Waals surface area contributed by atoms with E-state index in [-0.39, 0.29) is 22.7 Å². The van der Waals surface area contributed by atoms with E-state index in [1.54, 1.807) is 0 Å². The first kappa shape index (κ1) is 10.2. The molecule has 12 heavy (non-hydrogen) atoms. The average molecular weight is 285 g/mol. The van der Waals surface area contributed by atoms with Crippen molar-refractivity contribution in [1.29, 1.82) is 0 Å². The van der Waals surface area contributed by atoms with Gasteiger partial charge < -0.3 is 14.8 Å². The molecule has 0 spiro atoms. The molecule has 0 amide bonds. The Hall–Kier alpha value is 0.120. The van der Waals surface area contributed by atoms with Crippen molar-refractivity contribution in [1.82, 2.24) is 5.32 Å². The number of rotatable bonds is 4. The minimum Gasteiger partial charge on any atom is -0.438 e. The molecule has 1 saturated heterocycles. The van der Waals surface area contributed by atoms with Gasteiger partial charge in [0.15, 0.2) is 6.79 Å². The Morgan fingerprint density at radius 2 is 2.33 bits per heavy atom. The molecule has 1 heterocycles. The number of hydrogen-bond acceptors (Lipinski definition) is 4. The molecule has 0 radical (unpaired) electrons. The lowest BCUT2D eigenvalue weighted by molar-refractivity contribution is -0.152. The van der Waals surface area contributed by atoms with Crippen LogP contribution in [0.25, 0.3) is 0 Å². The van der Waals surface area contributed by atoms with Crippen LogP contribution in [0.2, 0.25) is 0 Å². The molecule has 0 aromatic carbocycles. The number of ether oxygens (including phenoxy) is 2. The van der Waals surface area contributed by atoms with Crippen LogP contribution >= 0.6 is 22.6 Å². The molecule has 0 aromatic heterocycles. The van der Waals surface area contributed by atoms with Crippen LogP contribution in [0.15, 0.2) is 0 Å². The van der Waals surface area contributed by atoms with E-state index >= 15 is 0 Å². The summed E-state index contributed by atoms with van der Waals surface area (Å²) in [7, 11) is 1.49. The lowest BCUT2D eigenvalue weighted by atomic mass is 10.2. The van der Waals surface area contributed by atoms with Crippen molar-refractivity contribution >= 4 is 28.6 Å². The molecule has 4 nitrogen and oxygen atoms in total. The summed E-state index contributed by atoms with van der Waals surface area (Å²) in [6, 6.07) is 0.706. The fraction of sp³-hybridized carbons (Fsp3) is 0.857. The second kappa shape index (κ2) is 4.38. The SMILES string of the molecule is COCOC(=O)C(I)C1NC1C. The molecule has 0 bridgehead atoms. The van der Waals surface area contributed by atoms with Gasteiger partial charge in [0.2, 0.25) is 0 Å². The van der Waals surface area contributed by atoms with Gasteiger partial charge >= 0.3 is 5.97 Å². The first-order chi connectivity index (χ1) is 5.66. The summed E-state index contributed by atoms with van der Waals surface area (Å²) >= 11 is 2.08. The lowest BCUT2D eigenvalue weighted by Gasteiger charge is -2.06. The van der Waals surface area contributed by atoms with Gasteiger partial charge in [0.05, 0.1) is 0 Å². The van der Waals surface area contributed by atoms with Gasteiger partial charge in [-0.25, -0.2) is 0 Å². The van der Waals surface area contributed by atoms with Gasteiger partial charge in [-0.15, -0.1) is 0 Å². The molecule has 3 atom stereocenters. The monoisotopic (exact) mass is 285 g/mol. The molecule has 3 unspecified atom stereocenters. The predicted molar refractivity (Wildman–Crippen MR) is 52.2 cm³/mol. The third kappa shape index (κ3) is 2.56. The Morgan fingerprint density at radius 3 is 2.75 bits per heavy atom. The largest absolute Gasteiger partial charge is 0.438 e. The highest BCUT2D eigenvalue weighted by atomic mass is 127. The number of carbonyl (C=O) groups is 1. The van der Waals surface area contributed by atoms with Gasteiger partial charge in [0.1, 0.15) is 3.92 Å². The summed E-state index contributed by atoms with van der Waals surface area (Å²) in [5, 5.41) is 3.14. The predicted octanol–water partition coefficient (Wildman–Crippen LogP) is 0.297. The Labute approximate surface area is 85.1 Å². The lowest BCUT2D eigenvalue weighted by Crippen LogP contribution is -2.25. The second-order valence-electron chi connectivity index (χ2n) is 2.75. The van der Waals surface area contributed by atoms with Crippen LogP contribution in [0.5, 0.6) is 0 Å². The molecule has 0 saturated carbocycles. The number of alkyl halides is 1. The van der Waals surface area contributed by atoms with Gasteiger partial charge in [-0.05, 0) is 6.92 Å². The zero-order chi connectivity index (χ0) is 9.14. The van der Waals surface area contributed by atoms with Crippen LogP contribution in [0.4, 0.5) is 0 Å². The molecular weight excluding hydrogens is 273 g/mol. The zero-order valence-corrected chi connectivity index (χ0v) is 9.20. The first-order valence-corrected chi connectivity index (χ1v) is 4.97. The Morgan fingerprint density at radius 1 is 1.75 bits per heavy atom. The summed E-state index contributed by atoms with van der Waals surface area (Å²) < 4.78 is 9.31. The van der Waals surface area contributed by atoms with E-state index in [4.69, 9.17) is 4.74 Å². The van der Waals surface area contributed by atoms with Gasteiger partial charge in [0.25, 0.3) is 0 Å². The van der Waals surface area contributed by atoms with Crippen molar-refractivity contribution in [2.75, 3.05) is 13.9 Å². The topological polar surface area (TPSA) is 57.5 Å².